The van der Waals surface area contributed by atoms with Gasteiger partial charge in [-0.05, 0) is 61.6 Å². The summed E-state index contributed by atoms with van der Waals surface area (Å²) in [6, 6.07) is 12.5. The summed E-state index contributed by atoms with van der Waals surface area (Å²) >= 11 is 5.93. The quantitative estimate of drug-likeness (QED) is 0.649. The summed E-state index contributed by atoms with van der Waals surface area (Å²) in [6.45, 7) is 2.54. The second kappa shape index (κ2) is 8.33. The van der Waals surface area contributed by atoms with Crippen molar-refractivity contribution in [2.45, 2.75) is 32.2 Å². The molecule has 2 aromatic carbocycles. The summed E-state index contributed by atoms with van der Waals surface area (Å²) in [4.78, 5) is 12.1. The van der Waals surface area contributed by atoms with Gasteiger partial charge in [-0.2, -0.15) is 0 Å². The van der Waals surface area contributed by atoms with E-state index in [4.69, 9.17) is 11.6 Å². The van der Waals surface area contributed by atoms with Gasteiger partial charge in [0.05, 0.1) is 17.9 Å². The zero-order valence-electron chi connectivity index (χ0n) is 16.1. The molecule has 4 rings (SSSR count). The number of carbonyl (C=O) groups is 1. The van der Waals surface area contributed by atoms with Gasteiger partial charge in [0.1, 0.15) is 5.82 Å². The van der Waals surface area contributed by atoms with Crippen molar-refractivity contribution in [3.8, 4) is 22.4 Å². The second-order valence-corrected chi connectivity index (χ2v) is 7.76. The predicted octanol–water partition coefficient (Wildman–Crippen LogP) is 4.88. The first-order valence-electron chi connectivity index (χ1n) is 9.80. The number of carbonyl (C=O) groups excluding carboxylic acids is 1. The smallest absolute Gasteiger partial charge is 0.223 e. The second-order valence-electron chi connectivity index (χ2n) is 7.32. The first-order chi connectivity index (χ1) is 14.1. The highest BCUT2D eigenvalue weighted by Gasteiger charge is 2.32. The number of nitrogens with zero attached hydrogens (tertiary/aromatic N) is 3. The van der Waals surface area contributed by atoms with Gasteiger partial charge >= 0.3 is 0 Å². The molecule has 3 aromatic rings. The maximum Gasteiger partial charge on any atom is 0.223 e. The van der Waals surface area contributed by atoms with Crippen molar-refractivity contribution in [2.24, 2.45) is 5.92 Å². The Morgan fingerprint density at radius 2 is 1.97 bits per heavy atom. The molecular formula is C22H22ClFN4O. The molecule has 29 heavy (non-hydrogen) atoms. The van der Waals surface area contributed by atoms with Crippen LogP contribution in [0.25, 0.3) is 22.4 Å². The van der Waals surface area contributed by atoms with Gasteiger partial charge in [-0.1, -0.05) is 35.0 Å². The van der Waals surface area contributed by atoms with Crippen LogP contribution in [0.2, 0.25) is 5.02 Å². The first-order valence-corrected chi connectivity index (χ1v) is 10.2. The molecular weight excluding hydrogens is 391 g/mol. The van der Waals surface area contributed by atoms with E-state index in [2.05, 4.69) is 15.6 Å². The van der Waals surface area contributed by atoms with Gasteiger partial charge in [-0.15, -0.1) is 5.10 Å². The van der Waals surface area contributed by atoms with Crippen molar-refractivity contribution in [3.63, 3.8) is 0 Å². The van der Waals surface area contributed by atoms with Crippen molar-refractivity contribution in [1.82, 2.24) is 20.3 Å². The van der Waals surface area contributed by atoms with Crippen LogP contribution in [0.1, 0.15) is 32.2 Å². The molecule has 1 aromatic heterocycles. The van der Waals surface area contributed by atoms with E-state index in [0.29, 0.717) is 29.2 Å². The van der Waals surface area contributed by atoms with Gasteiger partial charge in [0.2, 0.25) is 5.91 Å². The van der Waals surface area contributed by atoms with Crippen LogP contribution in [0, 0.1) is 11.7 Å². The molecule has 0 bridgehead atoms. The number of halogens is 2. The van der Waals surface area contributed by atoms with Gasteiger partial charge in [0, 0.05) is 23.0 Å². The third-order valence-corrected chi connectivity index (χ3v) is 5.72. The summed E-state index contributed by atoms with van der Waals surface area (Å²) < 4.78 is 16.8. The topological polar surface area (TPSA) is 59.8 Å². The number of nitrogens with one attached hydrogen (secondary N) is 1. The number of hydrogen-bond acceptors (Lipinski definition) is 3. The van der Waals surface area contributed by atoms with Gasteiger partial charge in [0.25, 0.3) is 0 Å². The van der Waals surface area contributed by atoms with Crippen LogP contribution in [0.5, 0.6) is 0 Å². The lowest BCUT2D eigenvalue weighted by atomic mass is 10.0. The minimum atomic E-state index is -0.334. The van der Waals surface area contributed by atoms with Gasteiger partial charge < -0.3 is 5.32 Å². The van der Waals surface area contributed by atoms with E-state index >= 15 is 0 Å². The predicted molar refractivity (Wildman–Crippen MR) is 111 cm³/mol. The lowest BCUT2D eigenvalue weighted by Crippen LogP contribution is -2.29. The molecule has 7 heteroatoms. The number of hydrogen-bond donors (Lipinski definition) is 1. The summed E-state index contributed by atoms with van der Waals surface area (Å²) in [5.41, 5.74) is 2.76. The lowest BCUT2D eigenvalue weighted by Gasteiger charge is -2.15. The Morgan fingerprint density at radius 1 is 1.21 bits per heavy atom. The summed E-state index contributed by atoms with van der Waals surface area (Å²) in [5.74, 6) is -0.288. The van der Waals surface area contributed by atoms with Crippen molar-refractivity contribution in [1.29, 1.82) is 0 Å². The monoisotopic (exact) mass is 412 g/mol. The first kappa shape index (κ1) is 19.6. The van der Waals surface area contributed by atoms with Crippen LogP contribution in [0.15, 0.2) is 48.7 Å². The van der Waals surface area contributed by atoms with Crippen LogP contribution >= 0.6 is 11.6 Å². The van der Waals surface area contributed by atoms with Crippen molar-refractivity contribution in [3.05, 3.63) is 59.5 Å². The number of rotatable bonds is 5. The molecule has 1 amide bonds. The molecule has 1 aliphatic carbocycles. The molecule has 1 aliphatic rings. The molecule has 1 fully saturated rings. The standard InChI is InChI=1S/C22H22ClFN4O/c1-2-25-22(29)16-5-9-18(11-16)28-21(13-26-27-28)19-10-6-15(12-20(19)24)14-3-7-17(23)8-4-14/h3-4,6-8,10,12-13,16,18H,2,5,9,11H2,1H3,(H,25,29)/t16-,18+/m0/s1. The highest BCUT2D eigenvalue weighted by molar-refractivity contribution is 6.30. The van der Waals surface area contributed by atoms with Crippen LogP contribution in [0.4, 0.5) is 4.39 Å². The van der Waals surface area contributed by atoms with E-state index in [9.17, 15) is 9.18 Å². The Kier molecular flexibility index (Phi) is 5.62. The SMILES string of the molecule is CCNC(=O)[C@H]1CC[C@@H](n2nncc2-c2ccc(-c3ccc(Cl)cc3)cc2F)C1. The van der Waals surface area contributed by atoms with Crippen LogP contribution in [-0.2, 0) is 4.79 Å². The molecule has 1 N–H and O–H groups in total. The van der Waals surface area contributed by atoms with Crippen molar-refractivity contribution >= 4 is 17.5 Å². The summed E-state index contributed by atoms with van der Waals surface area (Å²) in [6.07, 6.45) is 3.89. The van der Waals surface area contributed by atoms with Crippen molar-refractivity contribution < 1.29 is 9.18 Å². The maximum absolute atomic E-state index is 15.0. The molecule has 0 spiro atoms. The normalized spacial score (nSPS) is 18.7. The van der Waals surface area contributed by atoms with Gasteiger partial charge in [-0.3, -0.25) is 4.79 Å². The fourth-order valence-corrected chi connectivity index (χ4v) is 4.11. The van der Waals surface area contributed by atoms with Crippen LogP contribution < -0.4 is 5.32 Å². The largest absolute Gasteiger partial charge is 0.356 e. The third kappa shape index (κ3) is 4.03. The van der Waals surface area contributed by atoms with E-state index in [0.717, 1.165) is 24.0 Å². The lowest BCUT2D eigenvalue weighted by molar-refractivity contribution is -0.124. The molecule has 5 nitrogen and oxygen atoms in total. The molecule has 0 unspecified atom stereocenters. The number of amides is 1. The molecule has 0 radical (unpaired) electrons. The van der Waals surface area contributed by atoms with E-state index in [-0.39, 0.29) is 23.7 Å². The van der Waals surface area contributed by atoms with E-state index in [1.54, 1.807) is 29.1 Å². The van der Waals surface area contributed by atoms with E-state index < -0.39 is 0 Å². The molecule has 1 heterocycles. The Morgan fingerprint density at radius 3 is 2.69 bits per heavy atom. The maximum atomic E-state index is 15.0. The minimum Gasteiger partial charge on any atom is -0.356 e. The minimum absolute atomic E-state index is 0.0332. The molecule has 2 atom stereocenters. The molecule has 1 saturated carbocycles. The zero-order valence-corrected chi connectivity index (χ0v) is 16.9. The number of benzene rings is 2. The fourth-order valence-electron chi connectivity index (χ4n) is 3.99. The summed E-state index contributed by atoms with van der Waals surface area (Å²) in [5, 5.41) is 11.7. The van der Waals surface area contributed by atoms with Gasteiger partial charge in [-0.25, -0.2) is 9.07 Å². The average molecular weight is 413 g/mol. The third-order valence-electron chi connectivity index (χ3n) is 5.47. The Balaban J connectivity index is 1.58. The molecule has 0 aliphatic heterocycles. The highest BCUT2D eigenvalue weighted by atomic mass is 35.5. The number of aromatic nitrogens is 3. The Hall–Kier alpha value is -2.73. The van der Waals surface area contributed by atoms with Gasteiger partial charge in [0.15, 0.2) is 0 Å². The molecule has 150 valence electrons. The Labute approximate surface area is 173 Å². The van der Waals surface area contributed by atoms with E-state index in [1.807, 2.05) is 25.1 Å². The molecule has 0 saturated heterocycles. The fraction of sp³-hybridized carbons (Fsp3) is 0.318. The van der Waals surface area contributed by atoms with Crippen molar-refractivity contribution in [2.75, 3.05) is 6.54 Å². The summed E-state index contributed by atoms with van der Waals surface area (Å²) in [7, 11) is 0. The van der Waals surface area contributed by atoms with Crippen LogP contribution in [-0.4, -0.2) is 27.4 Å². The van der Waals surface area contributed by atoms with Crippen LogP contribution in [0.3, 0.4) is 0 Å². The zero-order chi connectivity index (χ0) is 20.4. The average Bonchev–Trinajstić information content (AvgIpc) is 3.38. The Bertz CT molecular complexity index is 1020. The highest BCUT2D eigenvalue weighted by Crippen LogP contribution is 2.37. The van der Waals surface area contributed by atoms with E-state index in [1.165, 1.54) is 6.07 Å².